The second-order valence-corrected chi connectivity index (χ2v) is 7.18. The minimum absolute atomic E-state index is 0.183. The van der Waals surface area contributed by atoms with Crippen LogP contribution in [0.4, 0.5) is 13.2 Å². The van der Waals surface area contributed by atoms with Crippen molar-refractivity contribution in [3.63, 3.8) is 0 Å². The Hall–Kier alpha value is -1.16. The highest BCUT2D eigenvalue weighted by molar-refractivity contribution is 7.85. The Kier molecular flexibility index (Phi) is 6.24. The molecule has 1 aliphatic rings. The molecule has 0 saturated carbocycles. The third kappa shape index (κ3) is 6.04. The molecule has 1 aromatic carbocycles. The summed E-state index contributed by atoms with van der Waals surface area (Å²) in [6.45, 7) is 0.0763. The maximum atomic E-state index is 12.9. The first-order chi connectivity index (χ1) is 11.1. The number of halogens is 3. The van der Waals surface area contributed by atoms with E-state index in [4.69, 9.17) is 13.7 Å². The Morgan fingerprint density at radius 3 is 2.67 bits per heavy atom. The van der Waals surface area contributed by atoms with E-state index in [1.807, 2.05) is 0 Å². The Bertz CT molecular complexity index is 639. The van der Waals surface area contributed by atoms with Crippen LogP contribution in [-0.2, 0) is 30.0 Å². The van der Waals surface area contributed by atoms with Crippen LogP contribution in [0.25, 0.3) is 0 Å². The predicted molar refractivity (Wildman–Crippen MR) is 79.7 cm³/mol. The van der Waals surface area contributed by atoms with Crippen LogP contribution in [0.3, 0.4) is 0 Å². The summed E-state index contributed by atoms with van der Waals surface area (Å²) in [5.74, 6) is 0. The molecule has 0 spiro atoms. The number of ether oxygens (including phenoxy) is 2. The Labute approximate surface area is 138 Å². The molecule has 1 aromatic rings. The molecule has 1 fully saturated rings. The first-order valence-corrected chi connectivity index (χ1v) is 9.25. The summed E-state index contributed by atoms with van der Waals surface area (Å²) in [6.07, 6.45) is -2.87. The van der Waals surface area contributed by atoms with Crippen molar-refractivity contribution in [3.8, 4) is 0 Å². The van der Waals surface area contributed by atoms with Gasteiger partial charge in [-0.15, -0.1) is 0 Å². The molecule has 0 N–H and O–H groups in total. The molecule has 0 amide bonds. The van der Waals surface area contributed by atoms with Crippen molar-refractivity contribution in [3.05, 3.63) is 35.4 Å². The molecule has 0 radical (unpaired) electrons. The smallest absolute Gasteiger partial charge is 0.353 e. The number of hydrogen-bond acceptors (Lipinski definition) is 5. The highest BCUT2D eigenvalue weighted by Crippen LogP contribution is 2.32. The summed E-state index contributed by atoms with van der Waals surface area (Å²) in [6, 6.07) is 4.55. The zero-order chi connectivity index (χ0) is 17.8. The van der Waals surface area contributed by atoms with Crippen LogP contribution < -0.4 is 0 Å². The van der Waals surface area contributed by atoms with Crippen LogP contribution in [-0.4, -0.2) is 34.2 Å². The van der Waals surface area contributed by atoms with Gasteiger partial charge in [-0.2, -0.15) is 21.6 Å². The summed E-state index contributed by atoms with van der Waals surface area (Å²) in [5, 5.41) is 0. The standard InChI is InChI=1S/C15H19F3O5S/c1-24(19,20)22-10-13(23-14-7-2-3-8-21-14)11-5-4-6-12(9-11)15(16,17)18/h4-6,9,13-14H,2-3,7-8,10H2,1H3. The van der Waals surface area contributed by atoms with Crippen molar-refractivity contribution in [2.45, 2.75) is 37.8 Å². The summed E-state index contributed by atoms with van der Waals surface area (Å²) in [7, 11) is -3.75. The summed E-state index contributed by atoms with van der Waals surface area (Å²) >= 11 is 0. The number of hydrogen-bond donors (Lipinski definition) is 0. The van der Waals surface area contributed by atoms with Crippen LogP contribution in [0.1, 0.15) is 36.5 Å². The number of benzene rings is 1. The predicted octanol–water partition coefficient (Wildman–Crippen LogP) is 3.27. The van der Waals surface area contributed by atoms with E-state index in [0.717, 1.165) is 31.2 Å². The second-order valence-electron chi connectivity index (χ2n) is 5.53. The molecule has 1 heterocycles. The molecule has 0 aromatic heterocycles. The van der Waals surface area contributed by atoms with Gasteiger partial charge in [-0.25, -0.2) is 0 Å². The van der Waals surface area contributed by atoms with Gasteiger partial charge >= 0.3 is 6.18 Å². The van der Waals surface area contributed by atoms with Crippen molar-refractivity contribution >= 4 is 10.1 Å². The van der Waals surface area contributed by atoms with Gasteiger partial charge in [-0.05, 0) is 37.0 Å². The van der Waals surface area contributed by atoms with Gasteiger partial charge in [-0.1, -0.05) is 12.1 Å². The maximum absolute atomic E-state index is 12.9. The van der Waals surface area contributed by atoms with Gasteiger partial charge in [0.25, 0.3) is 10.1 Å². The average molecular weight is 368 g/mol. The molecule has 2 rings (SSSR count). The lowest BCUT2D eigenvalue weighted by atomic mass is 10.1. The quantitative estimate of drug-likeness (QED) is 0.721. The monoisotopic (exact) mass is 368 g/mol. The van der Waals surface area contributed by atoms with Gasteiger partial charge in [0.15, 0.2) is 6.29 Å². The number of alkyl halides is 3. The Morgan fingerprint density at radius 2 is 2.08 bits per heavy atom. The van der Waals surface area contributed by atoms with Gasteiger partial charge in [-0.3, -0.25) is 4.18 Å². The van der Waals surface area contributed by atoms with Crippen LogP contribution in [0.5, 0.6) is 0 Å². The topological polar surface area (TPSA) is 61.8 Å². The molecule has 0 bridgehead atoms. The normalized spacial score (nSPS) is 20.8. The first-order valence-electron chi connectivity index (χ1n) is 7.44. The molecule has 0 aliphatic carbocycles. The SMILES string of the molecule is CS(=O)(=O)OCC(OC1CCCCO1)c1cccc(C(F)(F)F)c1. The lowest BCUT2D eigenvalue weighted by molar-refractivity contribution is -0.195. The maximum Gasteiger partial charge on any atom is 0.416 e. The van der Waals surface area contributed by atoms with Crippen molar-refractivity contribution in [2.24, 2.45) is 0 Å². The van der Waals surface area contributed by atoms with E-state index in [9.17, 15) is 21.6 Å². The van der Waals surface area contributed by atoms with Crippen LogP contribution in [0.2, 0.25) is 0 Å². The van der Waals surface area contributed by atoms with E-state index < -0.39 is 40.9 Å². The second kappa shape index (κ2) is 7.81. The molecule has 136 valence electrons. The minimum Gasteiger partial charge on any atom is -0.353 e. The van der Waals surface area contributed by atoms with Crippen molar-refractivity contribution in [2.75, 3.05) is 19.5 Å². The molecule has 2 atom stereocenters. The zero-order valence-electron chi connectivity index (χ0n) is 13.1. The fraction of sp³-hybridized carbons (Fsp3) is 0.600. The molecule has 1 saturated heterocycles. The highest BCUT2D eigenvalue weighted by Gasteiger charge is 2.32. The fourth-order valence-corrected chi connectivity index (χ4v) is 2.69. The first kappa shape index (κ1) is 19.2. The largest absolute Gasteiger partial charge is 0.416 e. The van der Waals surface area contributed by atoms with E-state index in [0.29, 0.717) is 13.0 Å². The fourth-order valence-electron chi connectivity index (χ4n) is 2.32. The van der Waals surface area contributed by atoms with Crippen molar-refractivity contribution < 1.29 is 35.2 Å². The molecular weight excluding hydrogens is 349 g/mol. The van der Waals surface area contributed by atoms with E-state index >= 15 is 0 Å². The molecule has 5 nitrogen and oxygen atoms in total. The zero-order valence-corrected chi connectivity index (χ0v) is 13.9. The molecule has 1 aliphatic heterocycles. The minimum atomic E-state index is -4.50. The van der Waals surface area contributed by atoms with Crippen molar-refractivity contribution in [1.82, 2.24) is 0 Å². The lowest BCUT2D eigenvalue weighted by Crippen LogP contribution is -2.27. The van der Waals surface area contributed by atoms with Crippen LogP contribution in [0, 0.1) is 0 Å². The number of rotatable bonds is 6. The van der Waals surface area contributed by atoms with Crippen LogP contribution >= 0.6 is 0 Å². The van der Waals surface area contributed by atoms with E-state index in [1.165, 1.54) is 12.1 Å². The highest BCUT2D eigenvalue weighted by atomic mass is 32.2. The summed E-state index contributed by atoms with van der Waals surface area (Å²) in [4.78, 5) is 0. The van der Waals surface area contributed by atoms with Gasteiger partial charge in [0.2, 0.25) is 0 Å². The van der Waals surface area contributed by atoms with Crippen LogP contribution in [0.15, 0.2) is 24.3 Å². The van der Waals surface area contributed by atoms with E-state index in [-0.39, 0.29) is 5.56 Å². The van der Waals surface area contributed by atoms with E-state index in [2.05, 4.69) is 0 Å². The van der Waals surface area contributed by atoms with Gasteiger partial charge in [0.05, 0.1) is 18.4 Å². The molecule has 2 unspecified atom stereocenters. The molecule has 24 heavy (non-hydrogen) atoms. The molecule has 9 heteroatoms. The Balaban J connectivity index is 2.20. The third-order valence-corrected chi connectivity index (χ3v) is 4.04. The summed E-state index contributed by atoms with van der Waals surface area (Å²) < 4.78 is 76.8. The third-order valence-electron chi connectivity index (χ3n) is 3.47. The van der Waals surface area contributed by atoms with Gasteiger partial charge in [0, 0.05) is 6.61 Å². The average Bonchev–Trinajstić information content (AvgIpc) is 2.51. The summed E-state index contributed by atoms with van der Waals surface area (Å²) in [5.41, 5.74) is -0.653. The van der Waals surface area contributed by atoms with E-state index in [1.54, 1.807) is 0 Å². The van der Waals surface area contributed by atoms with Gasteiger partial charge in [0.1, 0.15) is 6.10 Å². The molecular formula is C15H19F3O5S. The Morgan fingerprint density at radius 1 is 1.33 bits per heavy atom. The van der Waals surface area contributed by atoms with Gasteiger partial charge < -0.3 is 9.47 Å². The lowest BCUT2D eigenvalue weighted by Gasteiger charge is -2.28. The van der Waals surface area contributed by atoms with Crippen molar-refractivity contribution in [1.29, 1.82) is 0 Å².